The Bertz CT molecular complexity index is 702. The van der Waals surface area contributed by atoms with Crippen LogP contribution in [-0.4, -0.2) is 21.9 Å². The van der Waals surface area contributed by atoms with Crippen LogP contribution in [0.2, 0.25) is 5.02 Å². The Morgan fingerprint density at radius 1 is 1.13 bits per heavy atom. The van der Waals surface area contributed by atoms with Crippen molar-refractivity contribution in [3.05, 3.63) is 65.2 Å². The molecule has 1 N–H and O–H groups in total. The van der Waals surface area contributed by atoms with Crippen LogP contribution in [0.3, 0.4) is 0 Å². The van der Waals surface area contributed by atoms with Crippen LogP contribution in [0.1, 0.15) is 12.5 Å². The SMILES string of the molecule is CC(C(=O)O)(C(=O)C(Br)Oc1ccc(Cl)cc1)c1ccccc1. The van der Waals surface area contributed by atoms with E-state index in [2.05, 4.69) is 15.9 Å². The molecule has 23 heavy (non-hydrogen) atoms. The average molecular weight is 398 g/mol. The molecule has 2 unspecified atom stereocenters. The quantitative estimate of drug-likeness (QED) is 0.590. The first kappa shape index (κ1) is 17.5. The summed E-state index contributed by atoms with van der Waals surface area (Å²) in [5.41, 5.74) is -1.33. The monoisotopic (exact) mass is 396 g/mol. The number of benzene rings is 2. The third-order valence-electron chi connectivity index (χ3n) is 3.53. The fourth-order valence-corrected chi connectivity index (χ4v) is 2.86. The van der Waals surface area contributed by atoms with E-state index in [1.54, 1.807) is 54.6 Å². The zero-order valence-electron chi connectivity index (χ0n) is 12.2. The normalized spacial score (nSPS) is 14.6. The molecule has 0 aliphatic heterocycles. The second-order valence-corrected chi connectivity index (χ2v) is 6.32. The third kappa shape index (κ3) is 3.74. The van der Waals surface area contributed by atoms with Crippen molar-refractivity contribution in [2.45, 2.75) is 17.4 Å². The molecule has 6 heteroatoms. The number of ether oxygens (including phenoxy) is 1. The first-order valence-electron chi connectivity index (χ1n) is 6.75. The molecule has 2 aromatic rings. The van der Waals surface area contributed by atoms with Gasteiger partial charge in [0.15, 0.2) is 5.41 Å². The Morgan fingerprint density at radius 2 is 1.70 bits per heavy atom. The van der Waals surface area contributed by atoms with Crippen LogP contribution in [0.4, 0.5) is 0 Å². The fraction of sp³-hybridized carbons (Fsp3) is 0.176. The number of carboxylic acids is 1. The van der Waals surface area contributed by atoms with Crippen LogP contribution >= 0.6 is 27.5 Å². The zero-order chi connectivity index (χ0) is 17.0. The van der Waals surface area contributed by atoms with Gasteiger partial charge in [0.25, 0.3) is 0 Å². The number of ketones is 1. The van der Waals surface area contributed by atoms with Crippen molar-refractivity contribution in [2.75, 3.05) is 0 Å². The minimum atomic E-state index is -1.72. The molecule has 0 aromatic heterocycles. The summed E-state index contributed by atoms with van der Waals surface area (Å²) < 4.78 is 5.49. The first-order valence-corrected chi connectivity index (χ1v) is 8.04. The lowest BCUT2D eigenvalue weighted by molar-refractivity contribution is -0.149. The zero-order valence-corrected chi connectivity index (χ0v) is 14.5. The predicted molar refractivity (Wildman–Crippen MR) is 91.2 cm³/mol. The molecular weight excluding hydrogens is 384 g/mol. The summed E-state index contributed by atoms with van der Waals surface area (Å²) in [6.07, 6.45) is 0. The summed E-state index contributed by atoms with van der Waals surface area (Å²) in [6.45, 7) is 1.37. The topological polar surface area (TPSA) is 63.6 Å². The molecule has 0 amide bonds. The molecule has 0 heterocycles. The standard InChI is InChI=1S/C17H14BrClO4/c1-17(16(21)22,11-5-3-2-4-6-11)14(20)15(18)23-13-9-7-12(19)8-10-13/h2-10,15H,1H3,(H,21,22). The van der Waals surface area contributed by atoms with Gasteiger partial charge in [-0.05, 0) is 52.7 Å². The summed E-state index contributed by atoms with van der Waals surface area (Å²) in [7, 11) is 0. The molecule has 4 nitrogen and oxygen atoms in total. The smallest absolute Gasteiger partial charge is 0.321 e. The van der Waals surface area contributed by atoms with Crippen molar-refractivity contribution in [1.82, 2.24) is 0 Å². The molecule has 0 aliphatic carbocycles. The van der Waals surface area contributed by atoms with E-state index < -0.39 is 22.2 Å². The first-order chi connectivity index (χ1) is 10.9. The van der Waals surface area contributed by atoms with Crippen molar-refractivity contribution in [3.8, 4) is 5.75 Å². The van der Waals surface area contributed by atoms with Crippen molar-refractivity contribution < 1.29 is 19.4 Å². The molecule has 2 atom stereocenters. The fourth-order valence-electron chi connectivity index (χ4n) is 2.06. The molecule has 2 aromatic carbocycles. The lowest BCUT2D eigenvalue weighted by Gasteiger charge is -2.26. The van der Waals surface area contributed by atoms with Crippen molar-refractivity contribution in [1.29, 1.82) is 0 Å². The maximum atomic E-state index is 12.7. The molecule has 0 radical (unpaired) electrons. The van der Waals surface area contributed by atoms with Gasteiger partial charge in [0, 0.05) is 5.02 Å². The van der Waals surface area contributed by atoms with E-state index in [0.717, 1.165) is 0 Å². The van der Waals surface area contributed by atoms with E-state index in [1.165, 1.54) is 6.92 Å². The third-order valence-corrected chi connectivity index (χ3v) is 4.39. The summed E-state index contributed by atoms with van der Waals surface area (Å²) in [6, 6.07) is 14.8. The number of aliphatic carboxylic acids is 1. The van der Waals surface area contributed by atoms with Gasteiger partial charge in [0.2, 0.25) is 10.8 Å². The van der Waals surface area contributed by atoms with Gasteiger partial charge in [-0.15, -0.1) is 0 Å². The van der Waals surface area contributed by atoms with Crippen LogP contribution in [0.15, 0.2) is 54.6 Å². The van der Waals surface area contributed by atoms with E-state index in [-0.39, 0.29) is 0 Å². The Labute approximate surface area is 147 Å². The molecule has 0 aliphatic rings. The van der Waals surface area contributed by atoms with Crippen molar-refractivity contribution in [2.24, 2.45) is 0 Å². The van der Waals surface area contributed by atoms with Crippen molar-refractivity contribution >= 4 is 39.3 Å². The predicted octanol–water partition coefficient (Wildman–Crippen LogP) is 4.05. The molecule has 2 rings (SSSR count). The van der Waals surface area contributed by atoms with Crippen LogP contribution in [0, 0.1) is 0 Å². The molecule has 0 fully saturated rings. The highest BCUT2D eigenvalue weighted by Gasteiger charge is 2.46. The molecule has 0 bridgehead atoms. The van der Waals surface area contributed by atoms with Gasteiger partial charge >= 0.3 is 5.97 Å². The average Bonchev–Trinajstić information content (AvgIpc) is 2.56. The van der Waals surface area contributed by atoms with E-state index in [1.807, 2.05) is 0 Å². The van der Waals surface area contributed by atoms with E-state index >= 15 is 0 Å². The number of carbonyl (C=O) groups excluding carboxylic acids is 1. The Balaban J connectivity index is 2.27. The van der Waals surface area contributed by atoms with E-state index in [0.29, 0.717) is 16.3 Å². The van der Waals surface area contributed by atoms with Gasteiger partial charge in [-0.1, -0.05) is 41.9 Å². The maximum absolute atomic E-state index is 12.7. The summed E-state index contributed by atoms with van der Waals surface area (Å²) in [5.74, 6) is -1.44. The Morgan fingerprint density at radius 3 is 2.22 bits per heavy atom. The maximum Gasteiger partial charge on any atom is 0.321 e. The number of carbonyl (C=O) groups is 2. The van der Waals surface area contributed by atoms with Gasteiger partial charge in [-0.2, -0.15) is 0 Å². The van der Waals surface area contributed by atoms with Gasteiger partial charge < -0.3 is 9.84 Å². The number of Topliss-reactive ketones (excluding diaryl/α,β-unsaturated/α-hetero) is 1. The summed E-state index contributed by atoms with van der Waals surface area (Å²) >= 11 is 8.92. The summed E-state index contributed by atoms with van der Waals surface area (Å²) in [4.78, 5) is 24.4. The van der Waals surface area contributed by atoms with Gasteiger partial charge in [-0.3, -0.25) is 9.59 Å². The Kier molecular flexibility index (Phi) is 5.44. The highest BCUT2D eigenvalue weighted by atomic mass is 79.9. The number of carboxylic acid groups (broad SMARTS) is 1. The minimum absolute atomic E-state index is 0.390. The van der Waals surface area contributed by atoms with Gasteiger partial charge in [0.1, 0.15) is 5.75 Å². The second kappa shape index (κ2) is 7.15. The van der Waals surface area contributed by atoms with E-state index in [4.69, 9.17) is 16.3 Å². The second-order valence-electron chi connectivity index (χ2n) is 5.05. The molecule has 0 saturated heterocycles. The van der Waals surface area contributed by atoms with Gasteiger partial charge in [-0.25, -0.2) is 0 Å². The number of alkyl halides is 1. The molecule has 120 valence electrons. The largest absolute Gasteiger partial charge is 0.480 e. The van der Waals surface area contributed by atoms with E-state index in [9.17, 15) is 14.7 Å². The molecule has 0 spiro atoms. The number of hydrogen-bond acceptors (Lipinski definition) is 3. The van der Waals surface area contributed by atoms with Crippen LogP contribution in [-0.2, 0) is 15.0 Å². The van der Waals surface area contributed by atoms with Crippen molar-refractivity contribution in [3.63, 3.8) is 0 Å². The lowest BCUT2D eigenvalue weighted by Crippen LogP contribution is -2.46. The highest BCUT2D eigenvalue weighted by molar-refractivity contribution is 9.09. The summed E-state index contributed by atoms with van der Waals surface area (Å²) in [5, 5.41) is 9.02. The Hall–Kier alpha value is -1.85. The highest BCUT2D eigenvalue weighted by Crippen LogP contribution is 2.30. The number of hydrogen-bond donors (Lipinski definition) is 1. The molecule has 0 saturated carbocycles. The van der Waals surface area contributed by atoms with Gasteiger partial charge in [0.05, 0.1) is 0 Å². The lowest BCUT2D eigenvalue weighted by atomic mass is 9.79. The number of halogens is 2. The van der Waals surface area contributed by atoms with Crippen LogP contribution in [0.25, 0.3) is 0 Å². The number of rotatable bonds is 6. The van der Waals surface area contributed by atoms with Crippen LogP contribution in [0.5, 0.6) is 5.75 Å². The minimum Gasteiger partial charge on any atom is -0.480 e. The van der Waals surface area contributed by atoms with Crippen LogP contribution < -0.4 is 4.74 Å². The molecular formula is C17H14BrClO4.